The van der Waals surface area contributed by atoms with Crippen molar-refractivity contribution >= 4 is 16.9 Å². The molecule has 1 aromatic heterocycles. The second-order valence-electron chi connectivity index (χ2n) is 3.25. The van der Waals surface area contributed by atoms with Crippen molar-refractivity contribution in [3.63, 3.8) is 0 Å². The van der Waals surface area contributed by atoms with Crippen molar-refractivity contribution in [2.45, 2.75) is 6.42 Å². The molecule has 4 nitrogen and oxygen atoms in total. The number of aromatic nitrogens is 1. The molecule has 2 rings (SSSR count). The van der Waals surface area contributed by atoms with Crippen LogP contribution in [0.4, 0.5) is 0 Å². The van der Waals surface area contributed by atoms with Crippen LogP contribution in [0.2, 0.25) is 0 Å². The fourth-order valence-electron chi connectivity index (χ4n) is 1.52. The first kappa shape index (κ1) is 9.45. The normalized spacial score (nSPS) is 10.4. The summed E-state index contributed by atoms with van der Waals surface area (Å²) in [5.74, 6) is -0.813. The average molecular weight is 203 g/mol. The van der Waals surface area contributed by atoms with Gasteiger partial charge in [-0.05, 0) is 11.6 Å². The molecule has 76 valence electrons. The van der Waals surface area contributed by atoms with E-state index in [9.17, 15) is 9.90 Å². The first-order valence-corrected chi connectivity index (χ1v) is 4.45. The number of hydrogen-bond donors (Lipinski definition) is 2. The molecule has 0 amide bonds. The molecule has 4 heteroatoms. The van der Waals surface area contributed by atoms with E-state index >= 15 is 0 Å². The molecule has 2 aromatic rings. The number of fused-ring (bicyclic) bond motifs is 1. The molecule has 1 heterocycles. The monoisotopic (exact) mass is 203 g/mol. The predicted octanol–water partition coefficient (Wildman–Crippen LogP) is 1.57. The molecule has 0 radical (unpaired) electrons. The molecule has 0 atom stereocenters. The van der Waals surface area contributed by atoms with Crippen LogP contribution in [-0.2, 0) is 11.2 Å². The maximum atomic E-state index is 10.6. The van der Waals surface area contributed by atoms with Crippen molar-refractivity contribution in [1.82, 2.24) is 4.98 Å². The molecular formula is C11H9NO3. The number of carboxylic acid groups (broad SMARTS) is 1. The van der Waals surface area contributed by atoms with Gasteiger partial charge in [0.2, 0.25) is 0 Å². The SMILES string of the molecule is O=C(O)Cc1cccc2cc(O)cnc12. The lowest BCUT2D eigenvalue weighted by Crippen LogP contribution is -2.01. The average Bonchev–Trinajstić information content (AvgIpc) is 2.16. The largest absolute Gasteiger partial charge is 0.506 e. The van der Waals surface area contributed by atoms with E-state index in [0.29, 0.717) is 11.1 Å². The van der Waals surface area contributed by atoms with Crippen molar-refractivity contribution in [2.75, 3.05) is 0 Å². The first-order chi connectivity index (χ1) is 7.16. The summed E-state index contributed by atoms with van der Waals surface area (Å²) in [6, 6.07) is 6.82. The number of aromatic hydroxyl groups is 1. The summed E-state index contributed by atoms with van der Waals surface area (Å²) >= 11 is 0. The number of benzene rings is 1. The molecule has 0 unspecified atom stereocenters. The Morgan fingerprint density at radius 1 is 1.40 bits per heavy atom. The fraction of sp³-hybridized carbons (Fsp3) is 0.0909. The van der Waals surface area contributed by atoms with Gasteiger partial charge in [0.05, 0.1) is 18.1 Å². The molecule has 0 aliphatic heterocycles. The number of rotatable bonds is 2. The second-order valence-corrected chi connectivity index (χ2v) is 3.25. The van der Waals surface area contributed by atoms with Gasteiger partial charge in [-0.15, -0.1) is 0 Å². The van der Waals surface area contributed by atoms with E-state index in [1.165, 1.54) is 6.20 Å². The number of carboxylic acids is 1. The van der Waals surface area contributed by atoms with Crippen LogP contribution in [0.3, 0.4) is 0 Å². The molecule has 0 fully saturated rings. The molecule has 15 heavy (non-hydrogen) atoms. The summed E-state index contributed by atoms with van der Waals surface area (Å²) in [4.78, 5) is 14.6. The summed E-state index contributed by atoms with van der Waals surface area (Å²) in [5, 5.41) is 18.7. The van der Waals surface area contributed by atoms with Gasteiger partial charge in [0, 0.05) is 5.39 Å². The number of nitrogens with zero attached hydrogens (tertiary/aromatic N) is 1. The highest BCUT2D eigenvalue weighted by atomic mass is 16.4. The van der Waals surface area contributed by atoms with Gasteiger partial charge in [-0.3, -0.25) is 9.78 Å². The number of aliphatic carboxylic acids is 1. The Morgan fingerprint density at radius 2 is 2.20 bits per heavy atom. The van der Waals surface area contributed by atoms with Gasteiger partial charge in [-0.2, -0.15) is 0 Å². The van der Waals surface area contributed by atoms with Gasteiger partial charge in [-0.1, -0.05) is 18.2 Å². The number of para-hydroxylation sites is 1. The Bertz CT molecular complexity index is 522. The van der Waals surface area contributed by atoms with Crippen LogP contribution in [0.5, 0.6) is 5.75 Å². The van der Waals surface area contributed by atoms with Crippen LogP contribution in [0.1, 0.15) is 5.56 Å². The lowest BCUT2D eigenvalue weighted by atomic mass is 10.1. The van der Waals surface area contributed by atoms with Crippen LogP contribution in [0.25, 0.3) is 10.9 Å². The molecule has 0 bridgehead atoms. The second kappa shape index (κ2) is 3.57. The first-order valence-electron chi connectivity index (χ1n) is 4.45. The van der Waals surface area contributed by atoms with Crippen LogP contribution < -0.4 is 0 Å². The molecular weight excluding hydrogens is 194 g/mol. The molecule has 1 aromatic carbocycles. The summed E-state index contributed by atoms with van der Waals surface area (Å²) in [6.45, 7) is 0. The van der Waals surface area contributed by atoms with Gasteiger partial charge in [0.25, 0.3) is 0 Å². The maximum Gasteiger partial charge on any atom is 0.307 e. The highest BCUT2D eigenvalue weighted by Crippen LogP contribution is 2.20. The quantitative estimate of drug-likeness (QED) is 0.777. The zero-order valence-corrected chi connectivity index (χ0v) is 7.84. The Morgan fingerprint density at radius 3 is 2.93 bits per heavy atom. The minimum absolute atomic E-state index is 0.0604. The lowest BCUT2D eigenvalue weighted by Gasteiger charge is -2.03. The minimum atomic E-state index is -0.891. The van der Waals surface area contributed by atoms with Crippen molar-refractivity contribution in [1.29, 1.82) is 0 Å². The van der Waals surface area contributed by atoms with Crippen molar-refractivity contribution < 1.29 is 15.0 Å². The summed E-state index contributed by atoms with van der Waals surface area (Å²) in [6.07, 6.45) is 1.25. The Labute approximate surface area is 85.8 Å². The third kappa shape index (κ3) is 1.88. The zero-order chi connectivity index (χ0) is 10.8. The van der Waals surface area contributed by atoms with E-state index in [1.807, 2.05) is 0 Å². The third-order valence-corrected chi connectivity index (χ3v) is 2.12. The van der Waals surface area contributed by atoms with Gasteiger partial charge in [-0.25, -0.2) is 0 Å². The molecule has 0 spiro atoms. The summed E-state index contributed by atoms with van der Waals surface area (Å²) in [5.41, 5.74) is 1.28. The van der Waals surface area contributed by atoms with Gasteiger partial charge in [0.15, 0.2) is 0 Å². The van der Waals surface area contributed by atoms with Crippen LogP contribution in [0.15, 0.2) is 30.5 Å². The maximum absolute atomic E-state index is 10.6. The van der Waals surface area contributed by atoms with Crippen molar-refractivity contribution in [3.8, 4) is 5.75 Å². The van der Waals surface area contributed by atoms with Gasteiger partial charge < -0.3 is 10.2 Å². The zero-order valence-electron chi connectivity index (χ0n) is 7.84. The van der Waals surface area contributed by atoms with E-state index in [1.54, 1.807) is 24.3 Å². The molecule has 0 saturated carbocycles. The Hall–Kier alpha value is -2.10. The third-order valence-electron chi connectivity index (χ3n) is 2.12. The van der Waals surface area contributed by atoms with E-state index < -0.39 is 5.97 Å². The lowest BCUT2D eigenvalue weighted by molar-refractivity contribution is -0.136. The standard InChI is InChI=1S/C11H9NO3/c13-9-4-7-2-1-3-8(5-10(14)15)11(7)12-6-9/h1-4,6,13H,5H2,(H,14,15). The Balaban J connectivity index is 2.60. The smallest absolute Gasteiger partial charge is 0.307 e. The number of pyridine rings is 1. The van der Waals surface area contributed by atoms with Gasteiger partial charge in [0.1, 0.15) is 5.75 Å². The van der Waals surface area contributed by atoms with E-state index in [0.717, 1.165) is 5.39 Å². The van der Waals surface area contributed by atoms with Crippen LogP contribution in [-0.4, -0.2) is 21.2 Å². The molecule has 2 N–H and O–H groups in total. The van der Waals surface area contributed by atoms with E-state index in [2.05, 4.69) is 4.98 Å². The summed E-state index contributed by atoms with van der Waals surface area (Å²) in [7, 11) is 0. The molecule has 0 aliphatic carbocycles. The highest BCUT2D eigenvalue weighted by Gasteiger charge is 2.06. The number of carbonyl (C=O) groups is 1. The molecule has 0 saturated heterocycles. The van der Waals surface area contributed by atoms with E-state index in [-0.39, 0.29) is 12.2 Å². The van der Waals surface area contributed by atoms with Crippen molar-refractivity contribution in [3.05, 3.63) is 36.0 Å². The fourth-order valence-corrected chi connectivity index (χ4v) is 1.52. The summed E-state index contributed by atoms with van der Waals surface area (Å²) < 4.78 is 0. The highest BCUT2D eigenvalue weighted by molar-refractivity contribution is 5.86. The Kier molecular flexibility index (Phi) is 2.25. The van der Waals surface area contributed by atoms with Gasteiger partial charge >= 0.3 is 5.97 Å². The minimum Gasteiger partial charge on any atom is -0.506 e. The predicted molar refractivity (Wildman–Crippen MR) is 54.7 cm³/mol. The number of hydrogen-bond acceptors (Lipinski definition) is 3. The molecule has 0 aliphatic rings. The van der Waals surface area contributed by atoms with Crippen molar-refractivity contribution in [2.24, 2.45) is 0 Å². The van der Waals surface area contributed by atoms with Crippen LogP contribution in [0, 0.1) is 0 Å². The van der Waals surface area contributed by atoms with Crippen LogP contribution >= 0.6 is 0 Å². The van der Waals surface area contributed by atoms with E-state index in [4.69, 9.17) is 5.11 Å². The topological polar surface area (TPSA) is 70.4 Å².